The molecule has 0 radical (unpaired) electrons. The number of nitrogens with one attached hydrogen (secondary N) is 1. The molecule has 0 aliphatic rings. The van der Waals surface area contributed by atoms with E-state index in [4.69, 9.17) is 4.98 Å². The van der Waals surface area contributed by atoms with Crippen molar-refractivity contribution < 1.29 is 4.79 Å². The first-order valence-corrected chi connectivity index (χ1v) is 10.4. The van der Waals surface area contributed by atoms with E-state index in [0.29, 0.717) is 24.5 Å². The second kappa shape index (κ2) is 8.18. The van der Waals surface area contributed by atoms with Crippen molar-refractivity contribution in [1.82, 2.24) is 24.0 Å². The zero-order chi connectivity index (χ0) is 21.3. The van der Waals surface area contributed by atoms with Gasteiger partial charge in [0.05, 0.1) is 28.6 Å². The van der Waals surface area contributed by atoms with Gasteiger partial charge < -0.3 is 9.88 Å². The summed E-state index contributed by atoms with van der Waals surface area (Å²) in [7, 11) is 0. The number of nitrogens with zero attached hydrogens (tertiary/aromatic N) is 4. The number of hydrogen-bond donors (Lipinski definition) is 1. The quantitative estimate of drug-likeness (QED) is 0.530. The molecule has 0 saturated heterocycles. The van der Waals surface area contributed by atoms with Crippen LogP contribution in [-0.2, 0) is 13.1 Å². The molecular weight excluding hydrogens is 378 g/mol. The molecule has 0 atom stereocenters. The zero-order valence-corrected chi connectivity index (χ0v) is 17.6. The highest BCUT2D eigenvalue weighted by atomic mass is 16.2. The van der Waals surface area contributed by atoms with Crippen LogP contribution in [0.25, 0.3) is 22.1 Å². The Hall–Kier alpha value is -3.35. The van der Waals surface area contributed by atoms with Crippen LogP contribution in [0.5, 0.6) is 0 Å². The Bertz CT molecular complexity index is 1260. The highest BCUT2D eigenvalue weighted by Crippen LogP contribution is 2.20. The fourth-order valence-electron chi connectivity index (χ4n) is 3.81. The van der Waals surface area contributed by atoms with E-state index in [1.54, 1.807) is 10.6 Å². The Morgan fingerprint density at radius 2 is 1.67 bits per heavy atom. The zero-order valence-electron chi connectivity index (χ0n) is 17.6. The summed E-state index contributed by atoms with van der Waals surface area (Å²) in [5.74, 6) is 1.37. The van der Waals surface area contributed by atoms with Gasteiger partial charge in [0.15, 0.2) is 0 Å². The van der Waals surface area contributed by atoms with Crippen LogP contribution in [-0.4, -0.2) is 31.3 Å². The van der Waals surface area contributed by atoms with Crippen molar-refractivity contribution in [3.8, 4) is 0 Å². The summed E-state index contributed by atoms with van der Waals surface area (Å²) in [5, 5.41) is 2.73. The van der Waals surface area contributed by atoms with E-state index in [0.717, 1.165) is 35.3 Å². The van der Waals surface area contributed by atoms with Gasteiger partial charge in [-0.25, -0.2) is 19.1 Å². The van der Waals surface area contributed by atoms with Crippen LogP contribution >= 0.6 is 0 Å². The van der Waals surface area contributed by atoms with Crippen molar-refractivity contribution >= 4 is 28.1 Å². The lowest BCUT2D eigenvalue weighted by atomic mass is 10.1. The van der Waals surface area contributed by atoms with Crippen LogP contribution in [0.2, 0.25) is 0 Å². The Labute approximate surface area is 174 Å². The molecule has 1 amide bonds. The maximum atomic E-state index is 13.2. The summed E-state index contributed by atoms with van der Waals surface area (Å²) < 4.78 is 5.04. The normalized spacial score (nSPS) is 11.6. The lowest BCUT2D eigenvalue weighted by Crippen LogP contribution is -2.37. The molecule has 0 unspecified atom stereocenters. The minimum Gasteiger partial charge on any atom is -0.338 e. The summed E-state index contributed by atoms with van der Waals surface area (Å²) in [6.45, 7) is 7.82. The molecule has 7 heteroatoms. The molecule has 0 saturated carbocycles. The number of aromatic nitrogens is 4. The molecule has 0 fully saturated rings. The third-order valence-corrected chi connectivity index (χ3v) is 5.33. The van der Waals surface area contributed by atoms with Gasteiger partial charge in [-0.2, -0.15) is 0 Å². The third-order valence-electron chi connectivity index (χ3n) is 5.33. The average Bonchev–Trinajstić information content (AvgIpc) is 3.21. The minimum absolute atomic E-state index is 0.304. The maximum Gasteiger partial charge on any atom is 0.337 e. The van der Waals surface area contributed by atoms with Crippen molar-refractivity contribution in [2.24, 2.45) is 5.92 Å². The van der Waals surface area contributed by atoms with E-state index in [-0.39, 0.29) is 5.69 Å². The van der Waals surface area contributed by atoms with E-state index in [9.17, 15) is 9.59 Å². The maximum absolute atomic E-state index is 13.2. The molecule has 2 heterocycles. The molecular formula is C23H27N5O2. The van der Waals surface area contributed by atoms with Gasteiger partial charge in [0.2, 0.25) is 0 Å². The Balaban J connectivity index is 1.85. The molecule has 0 bridgehead atoms. The lowest BCUT2D eigenvalue weighted by molar-refractivity contribution is 0.243. The lowest BCUT2D eigenvalue weighted by Gasteiger charge is -2.11. The molecule has 7 nitrogen and oxygen atoms in total. The smallest absolute Gasteiger partial charge is 0.337 e. The summed E-state index contributed by atoms with van der Waals surface area (Å²) in [5.41, 5.74) is 2.93. The van der Waals surface area contributed by atoms with E-state index < -0.39 is 6.03 Å². The van der Waals surface area contributed by atoms with Gasteiger partial charge in [-0.15, -0.1) is 0 Å². The first-order chi connectivity index (χ1) is 14.5. The highest BCUT2D eigenvalue weighted by molar-refractivity contribution is 5.89. The minimum atomic E-state index is -0.411. The predicted molar refractivity (Wildman–Crippen MR) is 119 cm³/mol. The first kappa shape index (κ1) is 19.9. The number of aryl methyl sites for hydroxylation is 1. The monoisotopic (exact) mass is 405 g/mol. The number of fused-ring (bicyclic) bond motifs is 2. The second-order valence-electron chi connectivity index (χ2n) is 7.88. The van der Waals surface area contributed by atoms with Crippen molar-refractivity contribution in [2.75, 3.05) is 6.54 Å². The first-order valence-electron chi connectivity index (χ1n) is 10.4. The number of imidazole rings is 2. The molecule has 4 rings (SSSR count). The Morgan fingerprint density at radius 1 is 1.00 bits per heavy atom. The average molecular weight is 406 g/mol. The van der Waals surface area contributed by atoms with E-state index in [2.05, 4.69) is 29.8 Å². The molecule has 0 aliphatic carbocycles. The van der Waals surface area contributed by atoms with Gasteiger partial charge in [-0.05, 0) is 43.5 Å². The van der Waals surface area contributed by atoms with Gasteiger partial charge in [-0.1, -0.05) is 38.1 Å². The molecule has 0 spiro atoms. The van der Waals surface area contributed by atoms with Gasteiger partial charge >= 0.3 is 11.7 Å². The predicted octanol–water partition coefficient (Wildman–Crippen LogP) is 3.82. The van der Waals surface area contributed by atoms with E-state index in [1.165, 1.54) is 4.57 Å². The third kappa shape index (κ3) is 3.51. The Morgan fingerprint density at radius 3 is 2.37 bits per heavy atom. The number of carbonyl (C=O) groups excluding carboxylic acids is 1. The van der Waals surface area contributed by atoms with Crippen molar-refractivity contribution in [3.63, 3.8) is 0 Å². The molecule has 1 N–H and O–H groups in total. The number of amides is 1. The number of rotatable bonds is 6. The topological polar surface area (TPSA) is 73.8 Å². The largest absolute Gasteiger partial charge is 0.338 e. The van der Waals surface area contributed by atoms with Crippen LogP contribution in [0.1, 0.15) is 33.0 Å². The summed E-state index contributed by atoms with van der Waals surface area (Å²) in [6.07, 6.45) is 1.02. The van der Waals surface area contributed by atoms with Crippen LogP contribution in [0.3, 0.4) is 0 Å². The molecule has 4 aromatic rings. The number of benzene rings is 2. The number of hydrogen-bond acceptors (Lipinski definition) is 3. The van der Waals surface area contributed by atoms with Crippen molar-refractivity contribution in [3.05, 3.63) is 64.8 Å². The van der Waals surface area contributed by atoms with Gasteiger partial charge in [0, 0.05) is 13.1 Å². The van der Waals surface area contributed by atoms with Crippen LogP contribution in [0, 0.1) is 5.92 Å². The van der Waals surface area contributed by atoms with E-state index in [1.807, 2.05) is 43.3 Å². The molecule has 2 aromatic carbocycles. The summed E-state index contributed by atoms with van der Waals surface area (Å²) >= 11 is 0. The second-order valence-corrected chi connectivity index (χ2v) is 7.88. The molecule has 30 heavy (non-hydrogen) atoms. The molecule has 156 valence electrons. The molecule has 0 aliphatic heterocycles. The molecule has 2 aromatic heterocycles. The summed E-state index contributed by atoms with van der Waals surface area (Å²) in [6, 6.07) is 15.0. The van der Waals surface area contributed by atoms with Crippen molar-refractivity contribution in [1.29, 1.82) is 0 Å². The standard InChI is InChI=1S/C23H27N5O2/c1-4-24-22(29)28-20-12-8-7-11-19(20)27(23(28)30)15-21-25-17-9-5-6-10-18(17)26(21)14-13-16(2)3/h5-12,16H,4,13-15H2,1-3H3,(H,24,29). The number of carbonyl (C=O) groups is 1. The van der Waals surface area contributed by atoms with E-state index >= 15 is 0 Å². The fourth-order valence-corrected chi connectivity index (χ4v) is 3.81. The van der Waals surface area contributed by atoms with Gasteiger partial charge in [0.1, 0.15) is 5.82 Å². The van der Waals surface area contributed by atoms with Crippen LogP contribution in [0.15, 0.2) is 53.3 Å². The number of para-hydroxylation sites is 4. The Kier molecular flexibility index (Phi) is 5.44. The van der Waals surface area contributed by atoms with Crippen LogP contribution in [0.4, 0.5) is 4.79 Å². The van der Waals surface area contributed by atoms with Crippen LogP contribution < -0.4 is 11.0 Å². The SMILES string of the molecule is CCNC(=O)n1c(=O)n(Cc2nc3ccccc3n2CCC(C)C)c2ccccc21. The summed E-state index contributed by atoms with van der Waals surface area (Å²) in [4.78, 5) is 30.6. The van der Waals surface area contributed by atoms with Gasteiger partial charge in [-0.3, -0.25) is 4.57 Å². The van der Waals surface area contributed by atoms with Gasteiger partial charge in [0.25, 0.3) is 0 Å². The van der Waals surface area contributed by atoms with Crippen molar-refractivity contribution in [2.45, 2.75) is 40.3 Å². The highest BCUT2D eigenvalue weighted by Gasteiger charge is 2.20. The fraction of sp³-hybridized carbons (Fsp3) is 0.348.